The number of fused-ring (bicyclic) bond motifs is 1. The second-order valence-corrected chi connectivity index (χ2v) is 12.4. The molecule has 2 fully saturated rings. The first-order chi connectivity index (χ1) is 17.8. The quantitative estimate of drug-likeness (QED) is 0.354. The summed E-state index contributed by atoms with van der Waals surface area (Å²) in [5.74, 6) is 1.00. The van der Waals surface area contributed by atoms with Gasteiger partial charge in [0.15, 0.2) is 0 Å². The number of sulfonamides is 1. The number of halogens is 1. The maximum atomic E-state index is 15.8. The standard InChI is InChI=1S/C26H37FN6O3S/c1-3-16-14-18(34)4-5-19(16)20-6-7-21-24(23(20)27)31-32-25(21)26-29-15-22(30-26)17-8-10-33(11-9-17)12-13-37(35,36)28-2/h4-5,8,14-15,20-21,23-25,28,31-32,34H,3,6-7,9-13H2,1-2H3,(H,29,30). The van der Waals surface area contributed by atoms with E-state index in [1.165, 1.54) is 12.6 Å². The predicted octanol–water partition coefficient (Wildman–Crippen LogP) is 2.37. The zero-order chi connectivity index (χ0) is 26.2. The highest BCUT2D eigenvalue weighted by atomic mass is 32.2. The largest absolute Gasteiger partial charge is 0.508 e. The van der Waals surface area contributed by atoms with E-state index in [9.17, 15) is 13.5 Å². The van der Waals surface area contributed by atoms with Gasteiger partial charge in [0, 0.05) is 31.5 Å². The molecule has 202 valence electrons. The van der Waals surface area contributed by atoms with E-state index in [0.29, 0.717) is 13.1 Å². The Kier molecular flexibility index (Phi) is 7.69. The van der Waals surface area contributed by atoms with Crippen LogP contribution in [0.25, 0.3) is 5.57 Å². The number of H-pyrrole nitrogens is 1. The lowest BCUT2D eigenvalue weighted by Gasteiger charge is -2.36. The van der Waals surface area contributed by atoms with Gasteiger partial charge in [-0.05, 0) is 61.6 Å². The van der Waals surface area contributed by atoms with Gasteiger partial charge in [0.1, 0.15) is 17.7 Å². The van der Waals surface area contributed by atoms with Gasteiger partial charge in [0.25, 0.3) is 0 Å². The van der Waals surface area contributed by atoms with Crippen molar-refractivity contribution in [2.75, 3.05) is 32.4 Å². The van der Waals surface area contributed by atoms with Crippen LogP contribution in [-0.4, -0.2) is 73.0 Å². The molecule has 2 aromatic rings. The van der Waals surface area contributed by atoms with Crippen molar-refractivity contribution in [2.24, 2.45) is 5.92 Å². The second kappa shape index (κ2) is 10.8. The number of aromatic hydroxyl groups is 1. The molecule has 5 atom stereocenters. The van der Waals surface area contributed by atoms with E-state index in [1.54, 1.807) is 12.1 Å². The number of alkyl halides is 1. The molecule has 3 aliphatic rings. The highest BCUT2D eigenvalue weighted by Crippen LogP contribution is 2.45. The lowest BCUT2D eigenvalue weighted by atomic mass is 9.71. The Balaban J connectivity index is 1.23. The summed E-state index contributed by atoms with van der Waals surface area (Å²) in [4.78, 5) is 10.2. The molecule has 0 radical (unpaired) electrons. The minimum Gasteiger partial charge on any atom is -0.508 e. The molecule has 0 spiro atoms. The summed E-state index contributed by atoms with van der Waals surface area (Å²) in [6, 6.07) is 4.88. The first-order valence-electron chi connectivity index (χ1n) is 13.1. The van der Waals surface area contributed by atoms with Crippen LogP contribution in [0, 0.1) is 5.92 Å². The lowest BCUT2D eigenvalue weighted by molar-refractivity contribution is 0.135. The van der Waals surface area contributed by atoms with Crippen LogP contribution in [0.1, 0.15) is 60.8 Å². The number of aromatic nitrogens is 2. The van der Waals surface area contributed by atoms with Crippen LogP contribution in [0.15, 0.2) is 30.5 Å². The minimum absolute atomic E-state index is 0.0809. The van der Waals surface area contributed by atoms with Crippen LogP contribution in [0.3, 0.4) is 0 Å². The summed E-state index contributed by atoms with van der Waals surface area (Å²) < 4.78 is 41.6. The fraction of sp³-hybridized carbons (Fsp3) is 0.577. The average molecular weight is 533 g/mol. The molecular weight excluding hydrogens is 495 g/mol. The SMILES string of the molecule is CCc1cc(O)ccc1C1CCC2C(c3ncc(C4=CCN(CCS(=O)(=O)NC)CC4)[nH]3)NNC2C1F. The second-order valence-electron chi connectivity index (χ2n) is 10.3. The zero-order valence-electron chi connectivity index (χ0n) is 21.4. The Bertz CT molecular complexity index is 1250. The summed E-state index contributed by atoms with van der Waals surface area (Å²) in [6.07, 6.45) is 6.11. The number of phenolic OH excluding ortho intramolecular Hbond substituents is 1. The van der Waals surface area contributed by atoms with E-state index in [-0.39, 0.29) is 35.4 Å². The average Bonchev–Trinajstić information content (AvgIpc) is 3.56. The molecule has 2 aliphatic heterocycles. The van der Waals surface area contributed by atoms with Crippen molar-refractivity contribution in [3.05, 3.63) is 53.1 Å². The summed E-state index contributed by atoms with van der Waals surface area (Å²) in [5.41, 5.74) is 10.7. The number of aryl methyl sites for hydroxylation is 1. The number of nitrogens with one attached hydrogen (secondary N) is 4. The molecule has 1 saturated heterocycles. The highest BCUT2D eigenvalue weighted by molar-refractivity contribution is 7.89. The molecule has 37 heavy (non-hydrogen) atoms. The Morgan fingerprint density at radius 1 is 1.27 bits per heavy atom. The number of imidazole rings is 1. The van der Waals surface area contributed by atoms with Crippen LogP contribution in [0.2, 0.25) is 0 Å². The Morgan fingerprint density at radius 3 is 2.84 bits per heavy atom. The third kappa shape index (κ3) is 5.46. The van der Waals surface area contributed by atoms with Gasteiger partial charge >= 0.3 is 0 Å². The Labute approximate surface area is 218 Å². The van der Waals surface area contributed by atoms with Gasteiger partial charge in [0.2, 0.25) is 10.0 Å². The van der Waals surface area contributed by atoms with Gasteiger partial charge in [-0.15, -0.1) is 0 Å². The van der Waals surface area contributed by atoms with Crippen LogP contribution < -0.4 is 15.6 Å². The van der Waals surface area contributed by atoms with E-state index in [2.05, 4.69) is 36.5 Å². The van der Waals surface area contributed by atoms with Crippen molar-refractivity contribution in [1.82, 2.24) is 30.4 Å². The first kappa shape index (κ1) is 26.3. The Morgan fingerprint density at radius 2 is 2.11 bits per heavy atom. The van der Waals surface area contributed by atoms with Crippen molar-refractivity contribution in [1.29, 1.82) is 0 Å². The number of phenols is 1. The smallest absolute Gasteiger partial charge is 0.212 e. The Hall–Kier alpha value is -2.31. The molecule has 5 rings (SSSR count). The van der Waals surface area contributed by atoms with E-state index < -0.39 is 16.2 Å². The molecule has 9 nitrogen and oxygen atoms in total. The fourth-order valence-electron chi connectivity index (χ4n) is 6.08. The van der Waals surface area contributed by atoms with Gasteiger partial charge in [-0.25, -0.2) is 27.9 Å². The number of rotatable bonds is 8. The van der Waals surface area contributed by atoms with Crippen molar-refractivity contribution in [3.8, 4) is 5.75 Å². The number of benzene rings is 1. The molecule has 3 heterocycles. The third-order valence-electron chi connectivity index (χ3n) is 8.26. The molecule has 1 aliphatic carbocycles. The van der Waals surface area contributed by atoms with Crippen molar-refractivity contribution >= 4 is 15.6 Å². The van der Waals surface area contributed by atoms with E-state index in [4.69, 9.17) is 0 Å². The number of aromatic amines is 1. The fourth-order valence-corrected chi connectivity index (χ4v) is 6.78. The van der Waals surface area contributed by atoms with E-state index in [1.807, 2.05) is 19.2 Å². The topological polar surface area (TPSA) is 122 Å². The number of hydrogen-bond acceptors (Lipinski definition) is 7. The third-order valence-corrected chi connectivity index (χ3v) is 9.60. The molecule has 5 unspecified atom stereocenters. The molecule has 0 amide bonds. The van der Waals surface area contributed by atoms with Gasteiger partial charge in [0.05, 0.1) is 29.7 Å². The van der Waals surface area contributed by atoms with E-state index >= 15 is 4.39 Å². The van der Waals surface area contributed by atoms with Crippen LogP contribution in [-0.2, 0) is 16.4 Å². The summed E-state index contributed by atoms with van der Waals surface area (Å²) in [5, 5.41) is 9.86. The molecular formula is C26H37FN6O3S. The molecule has 0 bridgehead atoms. The van der Waals surface area contributed by atoms with Gasteiger partial charge in [-0.3, -0.25) is 10.3 Å². The van der Waals surface area contributed by atoms with Crippen molar-refractivity contribution in [3.63, 3.8) is 0 Å². The molecule has 1 saturated carbocycles. The number of hydrazine groups is 1. The van der Waals surface area contributed by atoms with Crippen LogP contribution in [0.4, 0.5) is 4.39 Å². The molecule has 1 aromatic carbocycles. The van der Waals surface area contributed by atoms with E-state index in [0.717, 1.165) is 54.9 Å². The van der Waals surface area contributed by atoms with Crippen LogP contribution >= 0.6 is 0 Å². The molecule has 11 heteroatoms. The van der Waals surface area contributed by atoms with Crippen LogP contribution in [0.5, 0.6) is 5.75 Å². The summed E-state index contributed by atoms with van der Waals surface area (Å²) >= 11 is 0. The minimum atomic E-state index is -3.21. The predicted molar refractivity (Wildman–Crippen MR) is 141 cm³/mol. The molecule has 5 N–H and O–H groups in total. The summed E-state index contributed by atoms with van der Waals surface area (Å²) in [6.45, 7) is 4.01. The lowest BCUT2D eigenvalue weighted by Crippen LogP contribution is -2.45. The van der Waals surface area contributed by atoms with Gasteiger partial charge in [-0.2, -0.15) is 0 Å². The number of hydrogen-bond donors (Lipinski definition) is 5. The maximum Gasteiger partial charge on any atom is 0.212 e. The monoisotopic (exact) mass is 532 g/mol. The first-order valence-corrected chi connectivity index (χ1v) is 14.8. The zero-order valence-corrected chi connectivity index (χ0v) is 22.2. The van der Waals surface area contributed by atoms with Gasteiger partial charge < -0.3 is 10.1 Å². The van der Waals surface area contributed by atoms with Crippen molar-refractivity contribution < 1.29 is 17.9 Å². The van der Waals surface area contributed by atoms with Crippen molar-refractivity contribution in [2.45, 2.75) is 56.8 Å². The van der Waals surface area contributed by atoms with Gasteiger partial charge in [-0.1, -0.05) is 19.1 Å². The number of nitrogens with zero attached hydrogens (tertiary/aromatic N) is 2. The normalized spacial score (nSPS) is 28.7. The maximum absolute atomic E-state index is 15.8. The summed E-state index contributed by atoms with van der Waals surface area (Å²) in [7, 11) is -1.77. The highest BCUT2D eigenvalue weighted by Gasteiger charge is 2.48. The molecule has 1 aromatic heterocycles.